The topological polar surface area (TPSA) is 120 Å². The number of hydrogen-bond donors (Lipinski definition) is 2. The molecule has 2 heterocycles. The molecule has 2 N–H and O–H groups in total. The number of fused-ring (bicyclic) bond motifs is 1. The van der Waals surface area contributed by atoms with Crippen LogP contribution < -0.4 is 21.9 Å². The average molecular weight is 433 g/mol. The lowest BCUT2D eigenvalue weighted by Crippen LogP contribution is -2.37. The monoisotopic (exact) mass is 432 g/mol. The van der Waals surface area contributed by atoms with Crippen molar-refractivity contribution in [1.82, 2.24) is 18.7 Å². The predicted molar refractivity (Wildman–Crippen MR) is 114 cm³/mol. The van der Waals surface area contributed by atoms with Crippen LogP contribution in [-0.4, -0.2) is 30.5 Å². The van der Waals surface area contributed by atoms with Gasteiger partial charge >= 0.3 is 5.69 Å². The molecule has 3 rings (SSSR count). The normalized spacial score (nSPS) is 10.9. The summed E-state index contributed by atoms with van der Waals surface area (Å²) in [5.74, 6) is -0.538. The Morgan fingerprint density at radius 1 is 1.10 bits per heavy atom. The SMILES string of the molecule is CC(=O)Nc1ccc(Cl)cc1NC(=O)CCCn1cnc2c1c(=O)n(C)c(=O)n2C. The van der Waals surface area contributed by atoms with E-state index < -0.39 is 11.2 Å². The summed E-state index contributed by atoms with van der Waals surface area (Å²) in [4.78, 5) is 52.3. The summed E-state index contributed by atoms with van der Waals surface area (Å²) < 4.78 is 3.96. The van der Waals surface area contributed by atoms with Crippen LogP contribution in [0.5, 0.6) is 0 Å². The minimum Gasteiger partial charge on any atom is -0.325 e. The Hall–Kier alpha value is -3.40. The summed E-state index contributed by atoms with van der Waals surface area (Å²) in [6, 6.07) is 4.77. The summed E-state index contributed by atoms with van der Waals surface area (Å²) >= 11 is 5.99. The average Bonchev–Trinajstić information content (AvgIpc) is 3.10. The molecule has 0 saturated heterocycles. The first-order valence-electron chi connectivity index (χ1n) is 9.17. The second-order valence-electron chi connectivity index (χ2n) is 6.84. The van der Waals surface area contributed by atoms with E-state index in [-0.39, 0.29) is 18.2 Å². The molecule has 0 bridgehead atoms. The van der Waals surface area contributed by atoms with Gasteiger partial charge in [-0.3, -0.25) is 23.5 Å². The predicted octanol–water partition coefficient (Wildman–Crippen LogP) is 1.46. The molecule has 158 valence electrons. The summed E-state index contributed by atoms with van der Waals surface area (Å²) in [6.07, 6.45) is 2.08. The fourth-order valence-electron chi connectivity index (χ4n) is 3.11. The third-order valence-corrected chi connectivity index (χ3v) is 4.82. The smallest absolute Gasteiger partial charge is 0.325 e. The maximum absolute atomic E-state index is 12.4. The zero-order chi connectivity index (χ0) is 22.0. The molecule has 0 fully saturated rings. The van der Waals surface area contributed by atoms with Gasteiger partial charge in [-0.15, -0.1) is 0 Å². The van der Waals surface area contributed by atoms with E-state index >= 15 is 0 Å². The highest BCUT2D eigenvalue weighted by atomic mass is 35.5. The Labute approximate surface area is 176 Å². The summed E-state index contributed by atoms with van der Waals surface area (Å²) in [7, 11) is 2.96. The molecule has 0 aliphatic heterocycles. The van der Waals surface area contributed by atoms with Crippen LogP contribution in [0.2, 0.25) is 5.02 Å². The molecule has 30 heavy (non-hydrogen) atoms. The largest absolute Gasteiger partial charge is 0.332 e. The molecule has 2 amide bonds. The Balaban J connectivity index is 1.70. The molecule has 3 aromatic rings. The second kappa shape index (κ2) is 8.54. The third-order valence-electron chi connectivity index (χ3n) is 4.59. The lowest BCUT2D eigenvalue weighted by molar-refractivity contribution is -0.116. The van der Waals surface area contributed by atoms with Gasteiger partial charge in [0.25, 0.3) is 5.56 Å². The van der Waals surface area contributed by atoms with Crippen LogP contribution in [0.25, 0.3) is 11.2 Å². The standard InChI is InChI=1S/C19H21ClN6O4/c1-11(27)22-13-7-6-12(20)9-14(13)23-15(28)5-4-8-26-10-21-17-16(26)18(29)25(3)19(30)24(17)2/h6-7,9-10H,4-5,8H2,1-3H3,(H,22,27)(H,23,28). The highest BCUT2D eigenvalue weighted by Crippen LogP contribution is 2.26. The summed E-state index contributed by atoms with van der Waals surface area (Å²) in [6.45, 7) is 1.74. The molecule has 0 aliphatic carbocycles. The first-order valence-corrected chi connectivity index (χ1v) is 9.54. The van der Waals surface area contributed by atoms with Gasteiger partial charge in [0.1, 0.15) is 0 Å². The van der Waals surface area contributed by atoms with Crippen molar-refractivity contribution in [3.8, 4) is 0 Å². The van der Waals surface area contributed by atoms with Crippen molar-refractivity contribution < 1.29 is 9.59 Å². The minimum absolute atomic E-state index is 0.164. The third kappa shape index (κ3) is 4.28. The van der Waals surface area contributed by atoms with Gasteiger partial charge < -0.3 is 15.2 Å². The molecule has 10 nitrogen and oxygen atoms in total. The molecular formula is C19H21ClN6O4. The maximum atomic E-state index is 12.4. The van der Waals surface area contributed by atoms with Crippen molar-refractivity contribution in [3.63, 3.8) is 0 Å². The lowest BCUT2D eigenvalue weighted by atomic mass is 10.2. The van der Waals surface area contributed by atoms with Crippen molar-refractivity contribution in [2.75, 3.05) is 10.6 Å². The number of imidazole rings is 1. The van der Waals surface area contributed by atoms with Gasteiger partial charge in [0.05, 0.1) is 17.7 Å². The molecular weight excluding hydrogens is 412 g/mol. The Morgan fingerprint density at radius 3 is 2.53 bits per heavy atom. The van der Waals surface area contributed by atoms with Crippen LogP contribution in [0, 0.1) is 0 Å². The highest BCUT2D eigenvalue weighted by molar-refractivity contribution is 6.31. The molecule has 0 unspecified atom stereocenters. The molecule has 0 radical (unpaired) electrons. The Morgan fingerprint density at radius 2 is 1.83 bits per heavy atom. The van der Waals surface area contributed by atoms with E-state index in [0.29, 0.717) is 40.5 Å². The van der Waals surface area contributed by atoms with E-state index in [9.17, 15) is 19.2 Å². The Bertz CT molecular complexity index is 1260. The van der Waals surface area contributed by atoms with Crippen molar-refractivity contribution in [2.45, 2.75) is 26.3 Å². The van der Waals surface area contributed by atoms with E-state index in [1.165, 1.54) is 24.9 Å². The van der Waals surface area contributed by atoms with Crippen LogP contribution in [-0.2, 0) is 30.2 Å². The van der Waals surface area contributed by atoms with Gasteiger partial charge in [0, 0.05) is 39.0 Å². The fraction of sp³-hybridized carbons (Fsp3) is 0.316. The number of aromatic nitrogens is 4. The van der Waals surface area contributed by atoms with Gasteiger partial charge in [-0.1, -0.05) is 11.6 Å². The molecule has 0 saturated carbocycles. The molecule has 1 aromatic carbocycles. The van der Waals surface area contributed by atoms with Crippen molar-refractivity contribution >= 4 is 46.0 Å². The molecule has 0 spiro atoms. The molecule has 2 aromatic heterocycles. The number of hydrogen-bond acceptors (Lipinski definition) is 5. The van der Waals surface area contributed by atoms with E-state index in [1.54, 1.807) is 29.8 Å². The van der Waals surface area contributed by atoms with Crippen molar-refractivity contribution in [2.24, 2.45) is 14.1 Å². The number of carbonyl (C=O) groups is 2. The second-order valence-corrected chi connectivity index (χ2v) is 7.28. The number of halogens is 1. The minimum atomic E-state index is -0.450. The first-order chi connectivity index (χ1) is 14.2. The van der Waals surface area contributed by atoms with Crippen LogP contribution in [0.4, 0.5) is 11.4 Å². The number of aryl methyl sites for hydroxylation is 2. The lowest BCUT2D eigenvalue weighted by Gasteiger charge is -2.12. The van der Waals surface area contributed by atoms with Crippen LogP contribution >= 0.6 is 11.6 Å². The van der Waals surface area contributed by atoms with Crippen molar-refractivity contribution in [3.05, 3.63) is 50.4 Å². The van der Waals surface area contributed by atoms with E-state index in [4.69, 9.17) is 11.6 Å². The zero-order valence-electron chi connectivity index (χ0n) is 16.7. The van der Waals surface area contributed by atoms with E-state index in [2.05, 4.69) is 15.6 Å². The fourth-order valence-corrected chi connectivity index (χ4v) is 3.28. The van der Waals surface area contributed by atoms with Gasteiger partial charge in [-0.25, -0.2) is 9.78 Å². The van der Waals surface area contributed by atoms with Gasteiger partial charge in [0.15, 0.2) is 11.2 Å². The van der Waals surface area contributed by atoms with Gasteiger partial charge in [0.2, 0.25) is 11.8 Å². The summed E-state index contributed by atoms with van der Waals surface area (Å²) in [5.41, 5.74) is 0.571. The quantitative estimate of drug-likeness (QED) is 0.611. The summed E-state index contributed by atoms with van der Waals surface area (Å²) in [5, 5.41) is 5.80. The number of nitrogens with one attached hydrogen (secondary N) is 2. The Kier molecular flexibility index (Phi) is 6.06. The van der Waals surface area contributed by atoms with Crippen LogP contribution in [0.3, 0.4) is 0 Å². The maximum Gasteiger partial charge on any atom is 0.332 e. The van der Waals surface area contributed by atoms with E-state index in [0.717, 1.165) is 4.57 Å². The first kappa shape index (κ1) is 21.3. The molecule has 11 heteroatoms. The zero-order valence-corrected chi connectivity index (χ0v) is 17.5. The number of anilines is 2. The number of benzene rings is 1. The number of rotatable bonds is 6. The van der Waals surface area contributed by atoms with Gasteiger partial charge in [-0.05, 0) is 24.6 Å². The molecule has 0 aliphatic rings. The van der Waals surface area contributed by atoms with Gasteiger partial charge in [-0.2, -0.15) is 0 Å². The van der Waals surface area contributed by atoms with Crippen molar-refractivity contribution in [1.29, 1.82) is 0 Å². The number of amides is 2. The highest BCUT2D eigenvalue weighted by Gasteiger charge is 2.15. The number of carbonyl (C=O) groups excluding carboxylic acids is 2. The molecule has 0 atom stereocenters. The van der Waals surface area contributed by atoms with Crippen LogP contribution in [0.15, 0.2) is 34.1 Å². The van der Waals surface area contributed by atoms with Crippen LogP contribution in [0.1, 0.15) is 19.8 Å². The van der Waals surface area contributed by atoms with E-state index in [1.807, 2.05) is 0 Å². The number of nitrogens with zero attached hydrogens (tertiary/aromatic N) is 4.